The van der Waals surface area contributed by atoms with Gasteiger partial charge in [0, 0.05) is 6.54 Å². The number of benzene rings is 1. The van der Waals surface area contributed by atoms with Crippen molar-refractivity contribution in [1.29, 1.82) is 0 Å². The van der Waals surface area contributed by atoms with Gasteiger partial charge in [-0.2, -0.15) is 5.10 Å². The van der Waals surface area contributed by atoms with Crippen LogP contribution >= 0.6 is 12.2 Å². The van der Waals surface area contributed by atoms with E-state index in [1.54, 1.807) is 13.2 Å². The molecule has 19 heavy (non-hydrogen) atoms. The van der Waals surface area contributed by atoms with E-state index in [-0.39, 0.29) is 0 Å². The first-order valence-electron chi connectivity index (χ1n) is 6.07. The van der Waals surface area contributed by atoms with E-state index in [9.17, 15) is 0 Å². The number of hydrogen-bond acceptors (Lipinski definition) is 3. The Kier molecular flexibility index (Phi) is 6.60. The topological polar surface area (TPSA) is 45.7 Å². The van der Waals surface area contributed by atoms with Gasteiger partial charge in [-0.1, -0.05) is 13.0 Å². The average molecular weight is 277 g/mol. The van der Waals surface area contributed by atoms with Gasteiger partial charge in [-0.05, 0) is 48.5 Å². The molecule has 102 valence electrons. The zero-order valence-electron chi connectivity index (χ0n) is 11.3. The predicted molar refractivity (Wildman–Crippen MR) is 83.8 cm³/mol. The molecule has 0 aliphatic carbocycles. The van der Waals surface area contributed by atoms with E-state index >= 15 is 0 Å². The summed E-state index contributed by atoms with van der Waals surface area (Å²) in [5.41, 5.74) is 4.80. The van der Waals surface area contributed by atoms with Crippen LogP contribution in [0.25, 0.3) is 0 Å². The van der Waals surface area contributed by atoms with Crippen LogP contribution in [0.4, 0.5) is 0 Å². The third kappa shape index (κ3) is 5.09. The maximum Gasteiger partial charge on any atom is 0.187 e. The first kappa shape index (κ1) is 15.2. The van der Waals surface area contributed by atoms with Crippen molar-refractivity contribution < 1.29 is 4.74 Å². The predicted octanol–water partition coefficient (Wildman–Crippen LogP) is 2.46. The number of nitrogens with one attached hydrogen (secondary N) is 2. The summed E-state index contributed by atoms with van der Waals surface area (Å²) in [6.45, 7) is 6.27. The highest BCUT2D eigenvalue weighted by Gasteiger charge is 2.02. The summed E-state index contributed by atoms with van der Waals surface area (Å²) in [7, 11) is 1.65. The second kappa shape index (κ2) is 8.26. The van der Waals surface area contributed by atoms with Crippen molar-refractivity contribution in [3.8, 4) is 5.75 Å². The van der Waals surface area contributed by atoms with Crippen LogP contribution in [0.15, 0.2) is 42.0 Å². The van der Waals surface area contributed by atoms with E-state index in [1.165, 1.54) is 0 Å². The molecule has 0 aliphatic rings. The van der Waals surface area contributed by atoms with Crippen molar-refractivity contribution in [2.45, 2.75) is 13.3 Å². The summed E-state index contributed by atoms with van der Waals surface area (Å²) in [6, 6.07) is 7.77. The van der Waals surface area contributed by atoms with Crippen LogP contribution in [0.1, 0.15) is 18.9 Å². The largest absolute Gasteiger partial charge is 0.497 e. The van der Waals surface area contributed by atoms with Gasteiger partial charge in [0.2, 0.25) is 0 Å². The lowest BCUT2D eigenvalue weighted by Crippen LogP contribution is -2.32. The lowest BCUT2D eigenvalue weighted by molar-refractivity contribution is 0.415. The standard InChI is InChI=1S/C14H19N3OS/c1-4-10-15-14(19)17-16-13(5-2)11-6-8-12(18-3)9-7-11/h4,6-9H,1,5,10H2,2-3H3,(H2,15,17,19)/b16-13-. The van der Waals surface area contributed by atoms with Crippen LogP contribution in [-0.4, -0.2) is 24.5 Å². The molecule has 5 heteroatoms. The second-order valence-corrected chi connectivity index (χ2v) is 4.16. The number of ether oxygens (including phenoxy) is 1. The van der Waals surface area contributed by atoms with Gasteiger partial charge in [0.15, 0.2) is 5.11 Å². The Hall–Kier alpha value is -1.88. The molecule has 1 aromatic carbocycles. The number of nitrogens with zero attached hydrogens (tertiary/aromatic N) is 1. The van der Waals surface area contributed by atoms with Gasteiger partial charge in [-0.25, -0.2) is 0 Å². The van der Waals surface area contributed by atoms with Gasteiger partial charge < -0.3 is 10.1 Å². The Morgan fingerprint density at radius 2 is 2.11 bits per heavy atom. The summed E-state index contributed by atoms with van der Waals surface area (Å²) in [4.78, 5) is 0. The summed E-state index contributed by atoms with van der Waals surface area (Å²) in [5, 5.41) is 7.75. The molecular weight excluding hydrogens is 258 g/mol. The van der Waals surface area contributed by atoms with Crippen LogP contribution in [-0.2, 0) is 0 Å². The molecule has 0 saturated carbocycles. The molecule has 0 bridgehead atoms. The number of thiocarbonyl (C=S) groups is 1. The number of hydrazone groups is 1. The van der Waals surface area contributed by atoms with E-state index < -0.39 is 0 Å². The molecule has 0 heterocycles. The van der Waals surface area contributed by atoms with Crippen molar-refractivity contribution in [3.63, 3.8) is 0 Å². The fourth-order valence-corrected chi connectivity index (χ4v) is 1.58. The van der Waals surface area contributed by atoms with Crippen molar-refractivity contribution in [1.82, 2.24) is 10.7 Å². The van der Waals surface area contributed by atoms with Crippen LogP contribution in [0.3, 0.4) is 0 Å². The number of rotatable bonds is 6. The molecule has 0 saturated heterocycles. The van der Waals surface area contributed by atoms with Gasteiger partial charge >= 0.3 is 0 Å². The van der Waals surface area contributed by atoms with E-state index in [4.69, 9.17) is 17.0 Å². The molecule has 0 radical (unpaired) electrons. The molecule has 4 nitrogen and oxygen atoms in total. The van der Waals surface area contributed by atoms with Crippen LogP contribution < -0.4 is 15.5 Å². The molecule has 0 atom stereocenters. The Balaban J connectivity index is 2.70. The highest BCUT2D eigenvalue weighted by molar-refractivity contribution is 7.80. The molecule has 0 spiro atoms. The SMILES string of the molecule is C=CCNC(=S)N/N=C(/CC)c1ccc(OC)cc1. The van der Waals surface area contributed by atoms with E-state index in [0.29, 0.717) is 11.7 Å². The van der Waals surface area contributed by atoms with Gasteiger partial charge in [-0.3, -0.25) is 5.43 Å². The summed E-state index contributed by atoms with van der Waals surface area (Å²) < 4.78 is 5.13. The third-order valence-electron chi connectivity index (χ3n) is 2.46. The molecule has 0 aromatic heterocycles. The average Bonchev–Trinajstić information content (AvgIpc) is 2.46. The highest BCUT2D eigenvalue weighted by atomic mass is 32.1. The lowest BCUT2D eigenvalue weighted by Gasteiger charge is -2.08. The minimum atomic E-state index is 0.486. The monoisotopic (exact) mass is 277 g/mol. The molecule has 0 unspecified atom stereocenters. The van der Waals surface area contributed by atoms with Crippen LogP contribution in [0, 0.1) is 0 Å². The lowest BCUT2D eigenvalue weighted by atomic mass is 10.1. The zero-order chi connectivity index (χ0) is 14.1. The maximum atomic E-state index is 5.13. The molecule has 1 aromatic rings. The van der Waals surface area contributed by atoms with Gasteiger partial charge in [0.25, 0.3) is 0 Å². The molecule has 0 fully saturated rings. The fraction of sp³-hybridized carbons (Fsp3) is 0.286. The van der Waals surface area contributed by atoms with Crippen LogP contribution in [0.2, 0.25) is 0 Å². The maximum absolute atomic E-state index is 5.13. The molecule has 0 amide bonds. The van der Waals surface area contributed by atoms with Gasteiger partial charge in [0.05, 0.1) is 12.8 Å². The summed E-state index contributed by atoms with van der Waals surface area (Å²) in [6.07, 6.45) is 2.55. The van der Waals surface area contributed by atoms with Crippen molar-refractivity contribution in [2.75, 3.05) is 13.7 Å². The van der Waals surface area contributed by atoms with Gasteiger partial charge in [-0.15, -0.1) is 6.58 Å². The first-order valence-corrected chi connectivity index (χ1v) is 6.47. The smallest absolute Gasteiger partial charge is 0.187 e. The minimum Gasteiger partial charge on any atom is -0.497 e. The van der Waals surface area contributed by atoms with Crippen molar-refractivity contribution in [2.24, 2.45) is 5.10 Å². The van der Waals surface area contributed by atoms with Crippen molar-refractivity contribution in [3.05, 3.63) is 42.5 Å². The van der Waals surface area contributed by atoms with E-state index in [1.807, 2.05) is 31.2 Å². The Bertz CT molecular complexity index is 454. The highest BCUT2D eigenvalue weighted by Crippen LogP contribution is 2.12. The van der Waals surface area contributed by atoms with Gasteiger partial charge in [0.1, 0.15) is 5.75 Å². The second-order valence-electron chi connectivity index (χ2n) is 3.75. The third-order valence-corrected chi connectivity index (χ3v) is 2.69. The quantitative estimate of drug-likeness (QED) is 0.363. The normalized spacial score (nSPS) is 10.7. The zero-order valence-corrected chi connectivity index (χ0v) is 12.1. The molecular formula is C14H19N3OS. The Labute approximate surface area is 119 Å². The molecule has 1 rings (SSSR count). The Morgan fingerprint density at radius 1 is 1.42 bits per heavy atom. The van der Waals surface area contributed by atoms with Crippen molar-refractivity contribution >= 4 is 23.0 Å². The summed E-state index contributed by atoms with van der Waals surface area (Å²) in [5.74, 6) is 0.829. The summed E-state index contributed by atoms with van der Waals surface area (Å²) >= 11 is 5.08. The van der Waals surface area contributed by atoms with Crippen LogP contribution in [0.5, 0.6) is 5.75 Å². The fourth-order valence-electron chi connectivity index (χ4n) is 1.45. The molecule has 0 aliphatic heterocycles. The minimum absolute atomic E-state index is 0.486. The van der Waals surface area contributed by atoms with E-state index in [2.05, 4.69) is 22.4 Å². The first-order chi connectivity index (χ1) is 9.21. The molecule has 2 N–H and O–H groups in total. The number of methoxy groups -OCH3 is 1. The number of hydrogen-bond donors (Lipinski definition) is 2. The van der Waals surface area contributed by atoms with E-state index in [0.717, 1.165) is 23.4 Å². The Morgan fingerprint density at radius 3 is 2.63 bits per heavy atom.